The zero-order chi connectivity index (χ0) is 18.6. The number of aliphatic hydroxyl groups is 1. The summed E-state index contributed by atoms with van der Waals surface area (Å²) in [6, 6.07) is 0.869. The summed E-state index contributed by atoms with van der Waals surface area (Å²) in [6.45, 7) is 3.52. The van der Waals surface area contributed by atoms with E-state index < -0.39 is 22.7 Å². The molecule has 2 aromatic rings. The van der Waals surface area contributed by atoms with E-state index in [-0.39, 0.29) is 22.9 Å². The van der Waals surface area contributed by atoms with Crippen LogP contribution in [0.15, 0.2) is 22.8 Å². The van der Waals surface area contributed by atoms with E-state index in [0.717, 1.165) is 17.2 Å². The Kier molecular flexibility index (Phi) is 6.46. The summed E-state index contributed by atoms with van der Waals surface area (Å²) >= 11 is 12.7. The number of carbonyl (C=O) groups excluding carboxylic acids is 1. The predicted octanol–water partition coefficient (Wildman–Crippen LogP) is 4.53. The molecule has 6 nitrogen and oxygen atoms in total. The maximum Gasteiger partial charge on any atom is 0.343 e. The molecule has 0 atom stereocenters. The molecule has 0 aliphatic heterocycles. The van der Waals surface area contributed by atoms with Gasteiger partial charge in [0.1, 0.15) is 16.5 Å². The summed E-state index contributed by atoms with van der Waals surface area (Å²) in [5.41, 5.74) is -0.534. The largest absolute Gasteiger partial charge is 0.506 e. The fourth-order valence-corrected chi connectivity index (χ4v) is 2.71. The summed E-state index contributed by atoms with van der Waals surface area (Å²) < 4.78 is 18.5. The molecule has 10 heteroatoms. The first-order valence-corrected chi connectivity index (χ1v) is 8.49. The van der Waals surface area contributed by atoms with Crippen molar-refractivity contribution in [3.8, 4) is 0 Å². The summed E-state index contributed by atoms with van der Waals surface area (Å²) in [6.07, 6.45) is 2.69. The molecule has 0 saturated carbocycles. The molecule has 0 amide bonds. The van der Waals surface area contributed by atoms with Crippen LogP contribution in [-0.4, -0.2) is 33.9 Å². The molecule has 0 aliphatic carbocycles. The van der Waals surface area contributed by atoms with Gasteiger partial charge in [-0.15, -0.1) is 11.3 Å². The highest BCUT2D eigenvalue weighted by atomic mass is 35.5. The van der Waals surface area contributed by atoms with E-state index in [1.807, 2.05) is 6.92 Å². The zero-order valence-electron chi connectivity index (χ0n) is 13.1. The molecule has 132 valence electrons. The lowest BCUT2D eigenvalue weighted by molar-refractivity contribution is -0.137. The van der Waals surface area contributed by atoms with Gasteiger partial charge in [-0.2, -0.15) is 0 Å². The molecule has 0 saturated heterocycles. The second-order valence-corrected chi connectivity index (χ2v) is 6.52. The number of aryl methyl sites for hydroxylation is 1. The highest BCUT2D eigenvalue weighted by Crippen LogP contribution is 2.27. The fourth-order valence-electron chi connectivity index (χ4n) is 1.70. The molecular formula is C15H12Cl2FN3O3S. The SMILES string of the molecule is CCOC(=O)C(/C=N/c1ncc(C)s1)=C(/O)c1cc(F)c(Cl)nc1Cl. The van der Waals surface area contributed by atoms with Gasteiger partial charge in [0.25, 0.3) is 0 Å². The number of hydrogen-bond acceptors (Lipinski definition) is 7. The molecule has 0 spiro atoms. The van der Waals surface area contributed by atoms with Crippen LogP contribution in [0.2, 0.25) is 10.3 Å². The van der Waals surface area contributed by atoms with Crippen molar-refractivity contribution in [1.29, 1.82) is 0 Å². The van der Waals surface area contributed by atoms with Crippen molar-refractivity contribution in [3.05, 3.63) is 44.4 Å². The molecule has 1 N–H and O–H groups in total. The van der Waals surface area contributed by atoms with E-state index in [4.69, 9.17) is 27.9 Å². The molecule has 25 heavy (non-hydrogen) atoms. The van der Waals surface area contributed by atoms with Crippen LogP contribution in [0.4, 0.5) is 9.52 Å². The number of aromatic nitrogens is 2. The van der Waals surface area contributed by atoms with Crippen LogP contribution < -0.4 is 0 Å². The molecule has 0 aromatic carbocycles. The number of ether oxygens (including phenoxy) is 1. The number of aliphatic imine (C=N–C) groups is 1. The maximum atomic E-state index is 13.6. The summed E-state index contributed by atoms with van der Waals surface area (Å²) in [4.78, 5) is 24.6. The first-order chi connectivity index (χ1) is 11.8. The Morgan fingerprint density at radius 2 is 2.20 bits per heavy atom. The van der Waals surface area contributed by atoms with Gasteiger partial charge in [-0.1, -0.05) is 23.2 Å². The molecule has 0 radical (unpaired) electrons. The number of nitrogens with zero attached hydrogens (tertiary/aromatic N) is 3. The Balaban J connectivity index is 2.52. The molecule has 0 fully saturated rings. The third-order valence-electron chi connectivity index (χ3n) is 2.81. The Labute approximate surface area is 156 Å². The van der Waals surface area contributed by atoms with Crippen LogP contribution in [-0.2, 0) is 9.53 Å². The minimum atomic E-state index is -0.900. The highest BCUT2D eigenvalue weighted by molar-refractivity contribution is 7.15. The van der Waals surface area contributed by atoms with Crippen molar-refractivity contribution < 1.29 is 19.0 Å². The Hall–Kier alpha value is -2.03. The van der Waals surface area contributed by atoms with Gasteiger partial charge < -0.3 is 9.84 Å². The standard InChI is InChI=1S/C15H12Cl2FN3O3S/c1-3-24-14(23)9(6-20-15-19-5-7(2)25-15)11(22)8-4-10(18)13(17)21-12(8)16/h4-6,22H,3H2,1-2H3/b11-9+,20-6+. The van der Waals surface area contributed by atoms with Gasteiger partial charge in [0.05, 0.1) is 12.2 Å². The third-order valence-corrected chi connectivity index (χ3v) is 4.18. The number of pyridine rings is 1. The van der Waals surface area contributed by atoms with E-state index in [1.165, 1.54) is 11.3 Å². The first kappa shape index (κ1) is 19.3. The lowest BCUT2D eigenvalue weighted by atomic mass is 10.1. The van der Waals surface area contributed by atoms with E-state index in [2.05, 4.69) is 15.0 Å². The molecule has 2 heterocycles. The first-order valence-electron chi connectivity index (χ1n) is 6.92. The molecule has 0 unspecified atom stereocenters. The normalized spacial score (nSPS) is 12.4. The average Bonchev–Trinajstić information content (AvgIpc) is 2.96. The van der Waals surface area contributed by atoms with Gasteiger partial charge in [-0.3, -0.25) is 0 Å². The van der Waals surface area contributed by atoms with Crippen LogP contribution in [0.3, 0.4) is 0 Å². The Morgan fingerprint density at radius 3 is 2.80 bits per heavy atom. The minimum absolute atomic E-state index is 0.0702. The number of hydrogen-bond donors (Lipinski definition) is 1. The second-order valence-electron chi connectivity index (χ2n) is 4.59. The average molecular weight is 404 g/mol. The van der Waals surface area contributed by atoms with Crippen molar-refractivity contribution in [2.24, 2.45) is 4.99 Å². The van der Waals surface area contributed by atoms with Crippen LogP contribution in [0.1, 0.15) is 17.4 Å². The summed E-state index contributed by atoms with van der Waals surface area (Å²) in [7, 11) is 0. The molecule has 2 rings (SSSR count). The monoisotopic (exact) mass is 403 g/mol. The van der Waals surface area contributed by atoms with E-state index in [1.54, 1.807) is 13.1 Å². The summed E-state index contributed by atoms with van der Waals surface area (Å²) in [5, 5.41) is 10.0. The lowest BCUT2D eigenvalue weighted by Crippen LogP contribution is -2.11. The van der Waals surface area contributed by atoms with Gasteiger partial charge in [0, 0.05) is 17.3 Å². The number of esters is 1. The Morgan fingerprint density at radius 1 is 1.48 bits per heavy atom. The highest BCUT2D eigenvalue weighted by Gasteiger charge is 2.20. The van der Waals surface area contributed by atoms with E-state index in [9.17, 15) is 14.3 Å². The summed E-state index contributed by atoms with van der Waals surface area (Å²) in [5.74, 6) is -2.39. The number of halogens is 3. The topological polar surface area (TPSA) is 84.7 Å². The van der Waals surface area contributed by atoms with Crippen molar-refractivity contribution in [3.63, 3.8) is 0 Å². The smallest absolute Gasteiger partial charge is 0.343 e. The number of rotatable bonds is 5. The van der Waals surface area contributed by atoms with Gasteiger partial charge in [-0.25, -0.2) is 24.1 Å². The quantitative estimate of drug-likeness (QED) is 0.260. The lowest BCUT2D eigenvalue weighted by Gasteiger charge is -2.08. The zero-order valence-corrected chi connectivity index (χ0v) is 15.4. The molecular weight excluding hydrogens is 392 g/mol. The van der Waals surface area contributed by atoms with E-state index in [0.29, 0.717) is 5.13 Å². The van der Waals surface area contributed by atoms with Gasteiger partial charge in [0.15, 0.2) is 11.0 Å². The molecule has 0 bridgehead atoms. The molecule has 0 aliphatic rings. The van der Waals surface area contributed by atoms with Crippen molar-refractivity contribution >= 4 is 57.6 Å². The number of thiazole rings is 1. The van der Waals surface area contributed by atoms with Gasteiger partial charge in [0.2, 0.25) is 5.13 Å². The van der Waals surface area contributed by atoms with Crippen LogP contribution in [0.5, 0.6) is 0 Å². The number of aliphatic hydroxyl groups excluding tert-OH is 1. The van der Waals surface area contributed by atoms with Gasteiger partial charge >= 0.3 is 5.97 Å². The minimum Gasteiger partial charge on any atom is -0.506 e. The fraction of sp³-hybridized carbons (Fsp3) is 0.200. The van der Waals surface area contributed by atoms with Gasteiger partial charge in [-0.05, 0) is 19.9 Å². The number of carbonyl (C=O) groups is 1. The van der Waals surface area contributed by atoms with Crippen molar-refractivity contribution in [2.75, 3.05) is 6.61 Å². The van der Waals surface area contributed by atoms with Crippen LogP contribution in [0, 0.1) is 12.7 Å². The maximum absolute atomic E-state index is 13.6. The van der Waals surface area contributed by atoms with Crippen LogP contribution >= 0.6 is 34.5 Å². The Bertz CT molecular complexity index is 868. The second kappa shape index (κ2) is 8.37. The predicted molar refractivity (Wildman–Crippen MR) is 95.4 cm³/mol. The third kappa shape index (κ3) is 4.75. The van der Waals surface area contributed by atoms with Crippen LogP contribution in [0.25, 0.3) is 5.76 Å². The molecule has 2 aromatic heterocycles. The van der Waals surface area contributed by atoms with Crippen molar-refractivity contribution in [2.45, 2.75) is 13.8 Å². The van der Waals surface area contributed by atoms with E-state index >= 15 is 0 Å². The van der Waals surface area contributed by atoms with Crippen molar-refractivity contribution in [1.82, 2.24) is 9.97 Å².